The van der Waals surface area contributed by atoms with Crippen LogP contribution in [0.5, 0.6) is 5.88 Å². The Hall–Kier alpha value is -1.33. The fourth-order valence-electron chi connectivity index (χ4n) is 1.75. The van der Waals surface area contributed by atoms with E-state index in [0.717, 1.165) is 18.7 Å². The Bertz CT molecular complexity index is 366. The highest BCUT2D eigenvalue weighted by Crippen LogP contribution is 2.21. The van der Waals surface area contributed by atoms with Gasteiger partial charge in [0.15, 0.2) is 6.29 Å². The van der Waals surface area contributed by atoms with Crippen molar-refractivity contribution < 1.29 is 14.2 Å². The number of ether oxygens (including phenoxy) is 3. The molecule has 5 nitrogen and oxygen atoms in total. The van der Waals surface area contributed by atoms with Crippen molar-refractivity contribution in [3.63, 3.8) is 0 Å². The van der Waals surface area contributed by atoms with E-state index in [1.807, 2.05) is 39.8 Å². The van der Waals surface area contributed by atoms with Crippen molar-refractivity contribution in [3.8, 4) is 5.88 Å². The summed E-state index contributed by atoms with van der Waals surface area (Å²) in [5.74, 6) is 0.631. The van der Waals surface area contributed by atoms with Crippen molar-refractivity contribution in [1.82, 2.24) is 4.98 Å². The van der Waals surface area contributed by atoms with E-state index in [1.165, 1.54) is 0 Å². The van der Waals surface area contributed by atoms with Crippen molar-refractivity contribution in [2.75, 3.05) is 25.1 Å². The molecule has 0 aliphatic heterocycles. The van der Waals surface area contributed by atoms with Gasteiger partial charge in [-0.05, 0) is 39.8 Å². The SMILES string of the molecule is CCOC(CCNc1cccnc1OC(C)C)OCC. The number of nitrogens with zero attached hydrogens (tertiary/aromatic N) is 1. The van der Waals surface area contributed by atoms with Crippen LogP contribution in [-0.4, -0.2) is 37.1 Å². The third kappa shape index (κ3) is 6.21. The van der Waals surface area contributed by atoms with Gasteiger partial charge in [0, 0.05) is 32.4 Å². The molecule has 20 heavy (non-hydrogen) atoms. The van der Waals surface area contributed by atoms with E-state index < -0.39 is 0 Å². The van der Waals surface area contributed by atoms with E-state index in [1.54, 1.807) is 6.20 Å². The molecule has 1 aromatic heterocycles. The van der Waals surface area contributed by atoms with Gasteiger partial charge in [-0.25, -0.2) is 4.98 Å². The Kier molecular flexibility index (Phi) is 7.99. The second-order valence-electron chi connectivity index (χ2n) is 4.58. The molecule has 0 unspecified atom stereocenters. The van der Waals surface area contributed by atoms with E-state index >= 15 is 0 Å². The molecular formula is C15H26N2O3. The summed E-state index contributed by atoms with van der Waals surface area (Å²) in [6, 6.07) is 3.85. The lowest BCUT2D eigenvalue weighted by Crippen LogP contribution is -2.21. The van der Waals surface area contributed by atoms with E-state index in [4.69, 9.17) is 14.2 Å². The lowest BCUT2D eigenvalue weighted by Gasteiger charge is -2.18. The summed E-state index contributed by atoms with van der Waals surface area (Å²) >= 11 is 0. The van der Waals surface area contributed by atoms with Gasteiger partial charge >= 0.3 is 0 Å². The lowest BCUT2D eigenvalue weighted by atomic mass is 10.3. The molecule has 0 amide bonds. The van der Waals surface area contributed by atoms with Gasteiger partial charge in [0.05, 0.1) is 11.8 Å². The zero-order chi connectivity index (χ0) is 14.8. The number of hydrogen-bond donors (Lipinski definition) is 1. The molecule has 1 heterocycles. The summed E-state index contributed by atoms with van der Waals surface area (Å²) in [6.45, 7) is 9.95. The van der Waals surface area contributed by atoms with Gasteiger partial charge in [-0.15, -0.1) is 0 Å². The second kappa shape index (κ2) is 9.55. The van der Waals surface area contributed by atoms with E-state index in [9.17, 15) is 0 Å². The van der Waals surface area contributed by atoms with Crippen LogP contribution in [0.15, 0.2) is 18.3 Å². The highest BCUT2D eigenvalue weighted by molar-refractivity contribution is 5.51. The zero-order valence-electron chi connectivity index (χ0n) is 12.9. The van der Waals surface area contributed by atoms with Crippen LogP contribution in [0, 0.1) is 0 Å². The predicted octanol–water partition coefficient (Wildman–Crippen LogP) is 3.07. The molecule has 0 saturated heterocycles. The predicted molar refractivity (Wildman–Crippen MR) is 80.1 cm³/mol. The maximum Gasteiger partial charge on any atom is 0.237 e. The number of hydrogen-bond acceptors (Lipinski definition) is 5. The lowest BCUT2D eigenvalue weighted by molar-refractivity contribution is -0.137. The van der Waals surface area contributed by atoms with Crippen LogP contribution in [0.2, 0.25) is 0 Å². The van der Waals surface area contributed by atoms with Gasteiger partial charge < -0.3 is 19.5 Å². The van der Waals surface area contributed by atoms with Crippen LogP contribution in [-0.2, 0) is 9.47 Å². The third-order valence-corrected chi connectivity index (χ3v) is 2.52. The summed E-state index contributed by atoms with van der Waals surface area (Å²) in [5, 5.41) is 3.32. The highest BCUT2D eigenvalue weighted by atomic mass is 16.7. The van der Waals surface area contributed by atoms with Crippen LogP contribution < -0.4 is 10.1 Å². The molecule has 0 saturated carbocycles. The van der Waals surface area contributed by atoms with E-state index in [0.29, 0.717) is 19.1 Å². The van der Waals surface area contributed by atoms with Gasteiger partial charge in [-0.1, -0.05) is 0 Å². The minimum Gasteiger partial charge on any atom is -0.473 e. The summed E-state index contributed by atoms with van der Waals surface area (Å²) < 4.78 is 16.7. The van der Waals surface area contributed by atoms with Crippen molar-refractivity contribution in [2.24, 2.45) is 0 Å². The van der Waals surface area contributed by atoms with Crippen molar-refractivity contribution in [2.45, 2.75) is 46.5 Å². The van der Waals surface area contributed by atoms with Crippen LogP contribution in [0.25, 0.3) is 0 Å². The average Bonchev–Trinajstić information content (AvgIpc) is 2.40. The van der Waals surface area contributed by atoms with Crippen LogP contribution in [0.1, 0.15) is 34.1 Å². The maximum absolute atomic E-state index is 5.66. The van der Waals surface area contributed by atoms with Gasteiger partial charge in [-0.2, -0.15) is 0 Å². The molecule has 0 aliphatic carbocycles. The molecule has 1 rings (SSSR count). The summed E-state index contributed by atoms with van der Waals surface area (Å²) in [7, 11) is 0. The molecule has 1 N–H and O–H groups in total. The third-order valence-electron chi connectivity index (χ3n) is 2.52. The molecule has 0 atom stereocenters. The maximum atomic E-state index is 5.66. The summed E-state index contributed by atoms with van der Waals surface area (Å²) in [4.78, 5) is 4.24. The Balaban J connectivity index is 2.48. The van der Waals surface area contributed by atoms with Crippen LogP contribution >= 0.6 is 0 Å². The fraction of sp³-hybridized carbons (Fsp3) is 0.667. The molecule has 1 aromatic rings. The first-order chi connectivity index (χ1) is 9.67. The van der Waals surface area contributed by atoms with E-state index in [2.05, 4.69) is 10.3 Å². The van der Waals surface area contributed by atoms with E-state index in [-0.39, 0.29) is 12.4 Å². The molecule has 5 heteroatoms. The monoisotopic (exact) mass is 282 g/mol. The van der Waals surface area contributed by atoms with Crippen molar-refractivity contribution >= 4 is 5.69 Å². The van der Waals surface area contributed by atoms with Crippen LogP contribution in [0.3, 0.4) is 0 Å². The Morgan fingerprint density at radius 1 is 1.20 bits per heavy atom. The highest BCUT2D eigenvalue weighted by Gasteiger charge is 2.09. The van der Waals surface area contributed by atoms with Gasteiger partial charge in [0.25, 0.3) is 0 Å². The first kappa shape index (κ1) is 16.7. The second-order valence-corrected chi connectivity index (χ2v) is 4.58. The average molecular weight is 282 g/mol. The largest absolute Gasteiger partial charge is 0.473 e. The Morgan fingerprint density at radius 2 is 1.90 bits per heavy atom. The quantitative estimate of drug-likeness (QED) is 0.668. The number of rotatable bonds is 10. The fourth-order valence-corrected chi connectivity index (χ4v) is 1.75. The topological polar surface area (TPSA) is 52.6 Å². The molecule has 0 fully saturated rings. The molecule has 0 bridgehead atoms. The molecule has 0 radical (unpaired) electrons. The molecule has 0 aromatic carbocycles. The first-order valence-electron chi connectivity index (χ1n) is 7.26. The molecule has 0 spiro atoms. The van der Waals surface area contributed by atoms with Crippen molar-refractivity contribution in [1.29, 1.82) is 0 Å². The Morgan fingerprint density at radius 3 is 2.50 bits per heavy atom. The van der Waals surface area contributed by atoms with Gasteiger partial charge in [-0.3, -0.25) is 0 Å². The zero-order valence-corrected chi connectivity index (χ0v) is 12.9. The standard InChI is InChI=1S/C15H26N2O3/c1-5-18-14(19-6-2)9-11-16-13-8-7-10-17-15(13)20-12(3)4/h7-8,10,12,14,16H,5-6,9,11H2,1-4H3. The summed E-state index contributed by atoms with van der Waals surface area (Å²) in [6.07, 6.45) is 2.44. The number of anilines is 1. The first-order valence-corrected chi connectivity index (χ1v) is 7.26. The number of nitrogens with one attached hydrogen (secondary N) is 1. The normalized spacial score (nSPS) is 11.1. The minimum absolute atomic E-state index is 0.102. The number of pyridine rings is 1. The van der Waals surface area contributed by atoms with Crippen LogP contribution in [0.4, 0.5) is 5.69 Å². The molecular weight excluding hydrogens is 256 g/mol. The molecule has 114 valence electrons. The van der Waals surface area contributed by atoms with Crippen molar-refractivity contribution in [3.05, 3.63) is 18.3 Å². The smallest absolute Gasteiger partial charge is 0.237 e. The van der Waals surface area contributed by atoms with Gasteiger partial charge in [0.1, 0.15) is 0 Å². The summed E-state index contributed by atoms with van der Waals surface area (Å²) in [5.41, 5.74) is 0.896. The minimum atomic E-state index is -0.163. The molecule has 0 aliphatic rings. The number of aromatic nitrogens is 1. The Labute approximate surface area is 121 Å². The van der Waals surface area contributed by atoms with Gasteiger partial charge in [0.2, 0.25) is 5.88 Å².